The number of para-hydroxylation sites is 1. The van der Waals surface area contributed by atoms with Gasteiger partial charge >= 0.3 is 0 Å². The Kier molecular flexibility index (Phi) is 5.46. The summed E-state index contributed by atoms with van der Waals surface area (Å²) in [7, 11) is 0. The molecule has 0 radical (unpaired) electrons. The molecule has 0 spiro atoms. The minimum atomic E-state index is -0.328. The van der Waals surface area contributed by atoms with E-state index in [4.69, 9.17) is 4.74 Å². The summed E-state index contributed by atoms with van der Waals surface area (Å²) in [6.45, 7) is 3.39. The minimum absolute atomic E-state index is 0.0183. The zero-order chi connectivity index (χ0) is 18.5. The summed E-state index contributed by atoms with van der Waals surface area (Å²) < 4.78 is 5.44. The molecule has 140 valence electrons. The monoisotopic (exact) mass is 364 g/mol. The number of pyridine rings is 1. The van der Waals surface area contributed by atoms with E-state index in [1.54, 1.807) is 12.4 Å². The number of nitrogens with zero attached hydrogens (tertiary/aromatic N) is 2. The number of hydrogen-bond acceptors (Lipinski definition) is 4. The predicted molar refractivity (Wildman–Crippen MR) is 104 cm³/mol. The molecule has 4 rings (SSSR count). The van der Waals surface area contributed by atoms with E-state index in [1.165, 1.54) is 10.9 Å². The van der Waals surface area contributed by atoms with Crippen LogP contribution in [0.5, 0.6) is 0 Å². The van der Waals surface area contributed by atoms with Gasteiger partial charge in [0.25, 0.3) is 0 Å². The number of hydrogen-bond donors (Lipinski definition) is 2. The highest BCUT2D eigenvalue weighted by Gasteiger charge is 2.29. The second kappa shape index (κ2) is 8.33. The zero-order valence-corrected chi connectivity index (χ0v) is 15.2. The van der Waals surface area contributed by atoms with Crippen LogP contribution in [-0.4, -0.2) is 53.6 Å². The Morgan fingerprint density at radius 2 is 2.07 bits per heavy atom. The number of nitrogens with one attached hydrogen (secondary N) is 2. The lowest BCUT2D eigenvalue weighted by Gasteiger charge is -2.33. The molecule has 27 heavy (non-hydrogen) atoms. The summed E-state index contributed by atoms with van der Waals surface area (Å²) in [5, 5.41) is 4.33. The highest BCUT2D eigenvalue weighted by Crippen LogP contribution is 2.22. The van der Waals surface area contributed by atoms with Gasteiger partial charge < -0.3 is 15.0 Å². The van der Waals surface area contributed by atoms with E-state index in [9.17, 15) is 4.79 Å². The molecule has 0 aliphatic carbocycles. The maximum Gasteiger partial charge on any atom is 0.242 e. The first kappa shape index (κ1) is 17.7. The molecule has 2 N–H and O–H groups in total. The molecule has 6 heteroatoms. The van der Waals surface area contributed by atoms with E-state index >= 15 is 0 Å². The van der Waals surface area contributed by atoms with Crippen LogP contribution in [0.1, 0.15) is 17.2 Å². The van der Waals surface area contributed by atoms with Crippen molar-refractivity contribution >= 4 is 16.8 Å². The quantitative estimate of drug-likeness (QED) is 0.704. The SMILES string of the molecule is O=C(NCCc1c[nH]c2ccccc12)C(c1cccnc1)N1CCOCC1. The molecule has 1 unspecified atom stereocenters. The van der Waals surface area contributed by atoms with E-state index in [0.29, 0.717) is 19.8 Å². The molecule has 0 bridgehead atoms. The number of aromatic nitrogens is 2. The van der Waals surface area contributed by atoms with Crippen molar-refractivity contribution in [3.8, 4) is 0 Å². The Morgan fingerprint density at radius 3 is 2.89 bits per heavy atom. The number of ether oxygens (including phenoxy) is 1. The van der Waals surface area contributed by atoms with Crippen molar-refractivity contribution in [2.75, 3.05) is 32.8 Å². The van der Waals surface area contributed by atoms with E-state index in [0.717, 1.165) is 30.6 Å². The fraction of sp³-hybridized carbons (Fsp3) is 0.333. The first-order valence-corrected chi connectivity index (χ1v) is 9.37. The summed E-state index contributed by atoms with van der Waals surface area (Å²) in [6, 6.07) is 11.7. The summed E-state index contributed by atoms with van der Waals surface area (Å²) in [5.41, 5.74) is 3.26. The number of morpholine rings is 1. The van der Waals surface area contributed by atoms with Crippen molar-refractivity contribution in [3.63, 3.8) is 0 Å². The Hall–Kier alpha value is -2.70. The van der Waals surface area contributed by atoms with Crippen molar-refractivity contribution in [3.05, 3.63) is 66.1 Å². The molecule has 1 amide bonds. The van der Waals surface area contributed by atoms with Crippen LogP contribution in [-0.2, 0) is 16.0 Å². The van der Waals surface area contributed by atoms with Crippen LogP contribution >= 0.6 is 0 Å². The molecule has 1 aromatic carbocycles. The molecule has 1 atom stereocenters. The predicted octanol–water partition coefficient (Wildman–Crippen LogP) is 2.30. The van der Waals surface area contributed by atoms with E-state index in [1.807, 2.05) is 30.5 Å². The molecule has 6 nitrogen and oxygen atoms in total. The Labute approximate surface area is 158 Å². The summed E-state index contributed by atoms with van der Waals surface area (Å²) in [5.74, 6) is 0.0183. The summed E-state index contributed by atoms with van der Waals surface area (Å²) in [4.78, 5) is 22.7. The molecule has 3 aromatic rings. The molecule has 3 heterocycles. The highest BCUT2D eigenvalue weighted by molar-refractivity contribution is 5.84. The van der Waals surface area contributed by atoms with Gasteiger partial charge in [-0.3, -0.25) is 14.7 Å². The maximum absolute atomic E-state index is 13.0. The molecule has 1 saturated heterocycles. The minimum Gasteiger partial charge on any atom is -0.379 e. The fourth-order valence-corrected chi connectivity index (χ4v) is 3.66. The largest absolute Gasteiger partial charge is 0.379 e. The van der Waals surface area contributed by atoms with Gasteiger partial charge in [0.1, 0.15) is 6.04 Å². The number of fused-ring (bicyclic) bond motifs is 1. The van der Waals surface area contributed by atoms with Gasteiger partial charge in [0, 0.05) is 49.1 Å². The third kappa shape index (κ3) is 4.02. The van der Waals surface area contributed by atoms with Crippen LogP contribution in [0, 0.1) is 0 Å². The number of rotatable bonds is 6. The van der Waals surface area contributed by atoms with E-state index in [2.05, 4.69) is 32.3 Å². The zero-order valence-electron chi connectivity index (χ0n) is 15.2. The highest BCUT2D eigenvalue weighted by atomic mass is 16.5. The molecule has 2 aromatic heterocycles. The van der Waals surface area contributed by atoms with Crippen molar-refractivity contribution in [1.82, 2.24) is 20.2 Å². The van der Waals surface area contributed by atoms with E-state index in [-0.39, 0.29) is 11.9 Å². The van der Waals surface area contributed by atoms with Crippen molar-refractivity contribution in [2.45, 2.75) is 12.5 Å². The number of amides is 1. The number of benzene rings is 1. The standard InChI is InChI=1S/C21H24N4O2/c26-21(23-9-7-16-15-24-19-6-2-1-5-18(16)19)20(17-4-3-8-22-14-17)25-10-12-27-13-11-25/h1-6,8,14-15,20,24H,7,9-13H2,(H,23,26). The van der Waals surface area contributed by atoms with Gasteiger partial charge in [-0.05, 0) is 29.7 Å². The Morgan fingerprint density at radius 1 is 1.22 bits per heavy atom. The summed E-state index contributed by atoms with van der Waals surface area (Å²) in [6.07, 6.45) is 6.32. The second-order valence-corrected chi connectivity index (χ2v) is 6.74. The average Bonchev–Trinajstić information content (AvgIpc) is 3.13. The van der Waals surface area contributed by atoms with Crippen LogP contribution in [0.15, 0.2) is 55.0 Å². The Balaban J connectivity index is 1.43. The van der Waals surface area contributed by atoms with E-state index < -0.39 is 0 Å². The lowest BCUT2D eigenvalue weighted by Crippen LogP contribution is -2.46. The van der Waals surface area contributed by atoms with Crippen LogP contribution in [0.25, 0.3) is 10.9 Å². The lowest BCUT2D eigenvalue weighted by molar-refractivity contribution is -0.128. The van der Waals surface area contributed by atoms with Gasteiger partial charge in [-0.2, -0.15) is 0 Å². The van der Waals surface area contributed by atoms with Crippen molar-refractivity contribution in [2.24, 2.45) is 0 Å². The summed E-state index contributed by atoms with van der Waals surface area (Å²) >= 11 is 0. The van der Waals surface area contributed by atoms with Gasteiger partial charge in [-0.1, -0.05) is 24.3 Å². The number of carbonyl (C=O) groups excluding carboxylic acids is 1. The third-order valence-corrected chi connectivity index (χ3v) is 5.03. The first-order chi connectivity index (χ1) is 13.3. The second-order valence-electron chi connectivity index (χ2n) is 6.74. The van der Waals surface area contributed by atoms with Crippen molar-refractivity contribution in [1.29, 1.82) is 0 Å². The molecule has 1 aliphatic rings. The molecular formula is C21H24N4O2. The Bertz CT molecular complexity index is 887. The molecule has 0 saturated carbocycles. The third-order valence-electron chi connectivity index (χ3n) is 5.03. The number of carbonyl (C=O) groups is 1. The fourth-order valence-electron chi connectivity index (χ4n) is 3.66. The van der Waals surface area contributed by atoms with Gasteiger partial charge in [0.2, 0.25) is 5.91 Å². The maximum atomic E-state index is 13.0. The first-order valence-electron chi connectivity index (χ1n) is 9.37. The number of H-pyrrole nitrogens is 1. The lowest BCUT2D eigenvalue weighted by atomic mass is 10.1. The van der Waals surface area contributed by atoms with Crippen LogP contribution in [0.3, 0.4) is 0 Å². The molecule has 1 aliphatic heterocycles. The molecular weight excluding hydrogens is 340 g/mol. The van der Waals surface area contributed by atoms with Crippen LogP contribution in [0.4, 0.5) is 0 Å². The van der Waals surface area contributed by atoms with Crippen LogP contribution < -0.4 is 5.32 Å². The smallest absolute Gasteiger partial charge is 0.242 e. The van der Waals surface area contributed by atoms with Crippen LogP contribution in [0.2, 0.25) is 0 Å². The molecule has 1 fully saturated rings. The van der Waals surface area contributed by atoms with Gasteiger partial charge in [-0.25, -0.2) is 0 Å². The van der Waals surface area contributed by atoms with Gasteiger partial charge in [-0.15, -0.1) is 0 Å². The van der Waals surface area contributed by atoms with Gasteiger partial charge in [0.05, 0.1) is 13.2 Å². The topological polar surface area (TPSA) is 70.2 Å². The number of aromatic amines is 1. The normalized spacial score (nSPS) is 16.3. The van der Waals surface area contributed by atoms with Gasteiger partial charge in [0.15, 0.2) is 0 Å². The van der Waals surface area contributed by atoms with Crippen molar-refractivity contribution < 1.29 is 9.53 Å². The average molecular weight is 364 g/mol.